The Bertz CT molecular complexity index is 285. The third kappa shape index (κ3) is 6.82. The van der Waals surface area contributed by atoms with Crippen LogP contribution in [0.2, 0.25) is 0 Å². The maximum Gasteiger partial charge on any atom is 0.247 e. The molecule has 16 heavy (non-hydrogen) atoms. The van der Waals surface area contributed by atoms with E-state index in [1.54, 1.807) is 6.08 Å². The summed E-state index contributed by atoms with van der Waals surface area (Å²) in [5.41, 5.74) is 1.87. The standard InChI is InChI=1S/C12H17NO.C2H6/c1-5-9-10(6-2)11(7-3)13-12(14)8-4;1-2/h5-8H,1,4,9H2,2-3H3,(H,13,14);1-2H3/b10-6-,11-7+;. The van der Waals surface area contributed by atoms with Crippen LogP contribution in [0.4, 0.5) is 0 Å². The Balaban J connectivity index is 0. The van der Waals surface area contributed by atoms with Crippen molar-refractivity contribution in [2.75, 3.05) is 0 Å². The van der Waals surface area contributed by atoms with Gasteiger partial charge in [-0.05, 0) is 31.9 Å². The summed E-state index contributed by atoms with van der Waals surface area (Å²) >= 11 is 0. The van der Waals surface area contributed by atoms with E-state index in [9.17, 15) is 4.79 Å². The molecule has 0 aliphatic heterocycles. The lowest BCUT2D eigenvalue weighted by atomic mass is 10.1. The first-order valence-electron chi connectivity index (χ1n) is 5.55. The molecular formula is C14H23NO. The second-order valence-electron chi connectivity index (χ2n) is 2.70. The summed E-state index contributed by atoms with van der Waals surface area (Å²) < 4.78 is 0. The quantitative estimate of drug-likeness (QED) is 0.427. The fourth-order valence-corrected chi connectivity index (χ4v) is 1.06. The van der Waals surface area contributed by atoms with E-state index in [0.29, 0.717) is 0 Å². The first-order valence-corrected chi connectivity index (χ1v) is 5.55. The van der Waals surface area contributed by atoms with Crippen molar-refractivity contribution in [3.05, 3.63) is 48.7 Å². The topological polar surface area (TPSA) is 29.1 Å². The molecule has 1 amide bonds. The molecule has 2 nitrogen and oxygen atoms in total. The molecule has 0 radical (unpaired) electrons. The molecule has 0 aromatic heterocycles. The Morgan fingerprint density at radius 1 is 1.19 bits per heavy atom. The van der Waals surface area contributed by atoms with Crippen molar-refractivity contribution in [2.45, 2.75) is 34.1 Å². The molecule has 0 aromatic rings. The minimum absolute atomic E-state index is 0.193. The van der Waals surface area contributed by atoms with Gasteiger partial charge in [-0.3, -0.25) is 4.79 Å². The van der Waals surface area contributed by atoms with Crippen molar-refractivity contribution in [1.82, 2.24) is 5.32 Å². The van der Waals surface area contributed by atoms with E-state index in [4.69, 9.17) is 0 Å². The smallest absolute Gasteiger partial charge is 0.247 e. The first kappa shape index (κ1) is 16.8. The Labute approximate surface area is 99.4 Å². The van der Waals surface area contributed by atoms with Crippen molar-refractivity contribution >= 4 is 5.91 Å². The Morgan fingerprint density at radius 3 is 2.06 bits per heavy atom. The third-order valence-corrected chi connectivity index (χ3v) is 1.79. The molecule has 0 heterocycles. The molecule has 0 rings (SSSR count). The molecule has 90 valence electrons. The number of carbonyl (C=O) groups is 1. The van der Waals surface area contributed by atoms with Crippen molar-refractivity contribution in [1.29, 1.82) is 0 Å². The van der Waals surface area contributed by atoms with Gasteiger partial charge in [-0.2, -0.15) is 0 Å². The highest BCUT2D eigenvalue weighted by atomic mass is 16.1. The maximum atomic E-state index is 11.1. The van der Waals surface area contributed by atoms with Gasteiger partial charge in [0.05, 0.1) is 0 Å². The Morgan fingerprint density at radius 2 is 1.75 bits per heavy atom. The predicted octanol–water partition coefficient (Wildman–Crippen LogP) is 3.74. The number of carbonyl (C=O) groups excluding carboxylic acids is 1. The summed E-state index contributed by atoms with van der Waals surface area (Å²) in [5, 5.41) is 2.74. The monoisotopic (exact) mass is 221 g/mol. The maximum absolute atomic E-state index is 11.1. The minimum Gasteiger partial charge on any atom is -0.323 e. The Kier molecular flexibility index (Phi) is 12.1. The third-order valence-electron chi connectivity index (χ3n) is 1.79. The number of hydrogen-bond donors (Lipinski definition) is 1. The van der Waals surface area contributed by atoms with Gasteiger partial charge in [0.25, 0.3) is 0 Å². The SMILES string of the molecule is C=CCC(=C/C)/C(=C\C)NC(=O)C=C.CC. The highest BCUT2D eigenvalue weighted by Gasteiger charge is 2.03. The van der Waals surface area contributed by atoms with Gasteiger partial charge in [0.1, 0.15) is 0 Å². The van der Waals surface area contributed by atoms with Crippen molar-refractivity contribution in [2.24, 2.45) is 0 Å². The van der Waals surface area contributed by atoms with Crippen LogP contribution in [0.3, 0.4) is 0 Å². The molecule has 0 unspecified atom stereocenters. The number of nitrogens with one attached hydrogen (secondary N) is 1. The normalized spacial score (nSPS) is 11.0. The molecule has 0 bridgehead atoms. The molecule has 0 saturated carbocycles. The zero-order valence-corrected chi connectivity index (χ0v) is 10.8. The molecule has 0 aliphatic carbocycles. The molecule has 0 atom stereocenters. The largest absolute Gasteiger partial charge is 0.323 e. The van der Waals surface area contributed by atoms with Crippen LogP contribution in [0.5, 0.6) is 0 Å². The van der Waals surface area contributed by atoms with Gasteiger partial charge in [-0.25, -0.2) is 0 Å². The van der Waals surface area contributed by atoms with E-state index >= 15 is 0 Å². The second-order valence-corrected chi connectivity index (χ2v) is 2.70. The number of rotatable bonds is 5. The first-order chi connectivity index (χ1) is 7.69. The fraction of sp³-hybridized carbons (Fsp3) is 0.357. The minimum atomic E-state index is -0.193. The van der Waals surface area contributed by atoms with Crippen LogP contribution < -0.4 is 5.32 Å². The average molecular weight is 221 g/mol. The molecule has 0 saturated heterocycles. The van der Waals surface area contributed by atoms with E-state index in [0.717, 1.165) is 17.7 Å². The van der Waals surface area contributed by atoms with Crippen LogP contribution >= 0.6 is 0 Å². The zero-order valence-electron chi connectivity index (χ0n) is 10.8. The van der Waals surface area contributed by atoms with Crippen molar-refractivity contribution in [3.63, 3.8) is 0 Å². The van der Waals surface area contributed by atoms with E-state index in [-0.39, 0.29) is 5.91 Å². The van der Waals surface area contributed by atoms with Crippen LogP contribution in [0.25, 0.3) is 0 Å². The average Bonchev–Trinajstić information content (AvgIpc) is 2.35. The van der Waals surface area contributed by atoms with E-state index in [1.165, 1.54) is 6.08 Å². The predicted molar refractivity (Wildman–Crippen MR) is 72.0 cm³/mol. The van der Waals surface area contributed by atoms with E-state index in [2.05, 4.69) is 18.5 Å². The van der Waals surface area contributed by atoms with Crippen LogP contribution in [0.1, 0.15) is 34.1 Å². The molecule has 0 spiro atoms. The lowest BCUT2D eigenvalue weighted by molar-refractivity contribution is -0.115. The number of amides is 1. The van der Waals surface area contributed by atoms with Crippen LogP contribution in [0, 0.1) is 0 Å². The van der Waals surface area contributed by atoms with E-state index in [1.807, 2.05) is 39.8 Å². The van der Waals surface area contributed by atoms with Gasteiger partial charge < -0.3 is 5.32 Å². The molecule has 2 heteroatoms. The highest BCUT2D eigenvalue weighted by Crippen LogP contribution is 2.11. The van der Waals surface area contributed by atoms with Crippen LogP contribution in [-0.4, -0.2) is 5.91 Å². The van der Waals surface area contributed by atoms with Gasteiger partial charge in [-0.1, -0.05) is 38.7 Å². The zero-order chi connectivity index (χ0) is 13.0. The fourth-order valence-electron chi connectivity index (χ4n) is 1.06. The summed E-state index contributed by atoms with van der Waals surface area (Å²) in [4.78, 5) is 11.1. The summed E-state index contributed by atoms with van der Waals surface area (Å²) in [6, 6.07) is 0. The molecule has 1 N–H and O–H groups in total. The van der Waals surface area contributed by atoms with E-state index < -0.39 is 0 Å². The molecule has 0 aliphatic rings. The highest BCUT2D eigenvalue weighted by molar-refractivity contribution is 5.88. The number of allylic oxidation sites excluding steroid dienone is 4. The number of hydrogen-bond acceptors (Lipinski definition) is 1. The summed E-state index contributed by atoms with van der Waals surface area (Å²) in [5.74, 6) is -0.193. The van der Waals surface area contributed by atoms with Crippen molar-refractivity contribution < 1.29 is 4.79 Å². The summed E-state index contributed by atoms with van der Waals surface area (Å²) in [7, 11) is 0. The lowest BCUT2D eigenvalue weighted by Gasteiger charge is -2.10. The van der Waals surface area contributed by atoms with Crippen LogP contribution in [-0.2, 0) is 4.79 Å². The molecule has 0 aromatic carbocycles. The van der Waals surface area contributed by atoms with Crippen LogP contribution in [0.15, 0.2) is 48.7 Å². The van der Waals surface area contributed by atoms with Gasteiger partial charge in [-0.15, -0.1) is 6.58 Å². The van der Waals surface area contributed by atoms with Crippen molar-refractivity contribution in [3.8, 4) is 0 Å². The molecular weight excluding hydrogens is 198 g/mol. The van der Waals surface area contributed by atoms with Gasteiger partial charge in [0, 0.05) is 5.70 Å². The second kappa shape index (κ2) is 11.5. The van der Waals surface area contributed by atoms with Gasteiger partial charge >= 0.3 is 0 Å². The Hall–Kier alpha value is -1.57. The summed E-state index contributed by atoms with van der Waals surface area (Å²) in [6.07, 6.45) is 7.62. The van der Waals surface area contributed by atoms with Gasteiger partial charge in [0.15, 0.2) is 0 Å². The summed E-state index contributed by atoms with van der Waals surface area (Å²) in [6.45, 7) is 14.9. The lowest BCUT2D eigenvalue weighted by Crippen LogP contribution is -2.21. The van der Waals surface area contributed by atoms with Gasteiger partial charge in [0.2, 0.25) is 5.91 Å². The molecule has 0 fully saturated rings.